The molecule has 0 saturated heterocycles. The van der Waals surface area contributed by atoms with Crippen LogP contribution in [0.1, 0.15) is 25.6 Å². The van der Waals surface area contributed by atoms with Crippen molar-refractivity contribution in [1.29, 1.82) is 0 Å². The largest absolute Gasteiger partial charge is 0.437 e. The van der Waals surface area contributed by atoms with Crippen molar-refractivity contribution in [2.75, 3.05) is 5.73 Å². The first-order valence-electron chi connectivity index (χ1n) is 6.13. The van der Waals surface area contributed by atoms with E-state index in [0.29, 0.717) is 10.3 Å². The van der Waals surface area contributed by atoms with E-state index in [2.05, 4.69) is 25.9 Å². The third-order valence-electron chi connectivity index (χ3n) is 2.60. The summed E-state index contributed by atoms with van der Waals surface area (Å²) in [7, 11) is 0. The van der Waals surface area contributed by atoms with Crippen molar-refractivity contribution in [2.24, 2.45) is 0 Å². The van der Waals surface area contributed by atoms with Gasteiger partial charge in [-0.25, -0.2) is 4.98 Å². The molecule has 0 radical (unpaired) electrons. The molecule has 1 aromatic carbocycles. The van der Waals surface area contributed by atoms with Crippen LogP contribution < -0.4 is 10.5 Å². The maximum absolute atomic E-state index is 10.8. The minimum atomic E-state index is -0.493. The van der Waals surface area contributed by atoms with Crippen LogP contribution in [0.25, 0.3) is 0 Å². The Bertz CT molecular complexity index is 691. The van der Waals surface area contributed by atoms with Crippen LogP contribution in [-0.4, -0.2) is 14.9 Å². The molecule has 0 aliphatic carbocycles. The van der Waals surface area contributed by atoms with Gasteiger partial charge in [-0.3, -0.25) is 10.1 Å². The first kappa shape index (κ1) is 15.2. The van der Waals surface area contributed by atoms with Crippen LogP contribution >= 0.6 is 15.9 Å². The van der Waals surface area contributed by atoms with E-state index in [1.165, 1.54) is 18.2 Å². The van der Waals surface area contributed by atoms with E-state index in [-0.39, 0.29) is 29.1 Å². The highest BCUT2D eigenvalue weighted by Crippen LogP contribution is 2.33. The fraction of sp³-hybridized carbons (Fsp3) is 0.231. The fourth-order valence-corrected chi connectivity index (χ4v) is 1.90. The number of nitrogens with two attached hydrogens (primary N) is 1. The molecule has 0 atom stereocenters. The molecule has 2 N–H and O–H groups in total. The summed E-state index contributed by atoms with van der Waals surface area (Å²) in [5.41, 5.74) is 5.65. The number of aromatic nitrogens is 2. The van der Waals surface area contributed by atoms with Gasteiger partial charge in [0.1, 0.15) is 11.6 Å². The highest BCUT2D eigenvalue weighted by Gasteiger charge is 2.13. The Kier molecular flexibility index (Phi) is 4.37. The van der Waals surface area contributed by atoms with E-state index in [0.717, 1.165) is 0 Å². The molecule has 0 saturated carbocycles. The van der Waals surface area contributed by atoms with Crippen LogP contribution in [0.15, 0.2) is 28.7 Å². The molecule has 8 heteroatoms. The van der Waals surface area contributed by atoms with Crippen LogP contribution in [0.4, 0.5) is 11.5 Å². The SMILES string of the molecule is CC(C)c1nc(N)cc(Oc2cc([N+](=O)[O-])ccc2Br)n1. The van der Waals surface area contributed by atoms with E-state index in [9.17, 15) is 10.1 Å². The minimum absolute atomic E-state index is 0.0701. The van der Waals surface area contributed by atoms with Crippen LogP contribution in [0.2, 0.25) is 0 Å². The molecule has 2 rings (SSSR count). The van der Waals surface area contributed by atoms with Gasteiger partial charge in [0.15, 0.2) is 5.75 Å². The number of hydrogen-bond donors (Lipinski definition) is 1. The van der Waals surface area contributed by atoms with Gasteiger partial charge in [-0.2, -0.15) is 4.98 Å². The van der Waals surface area contributed by atoms with Crippen molar-refractivity contribution in [3.05, 3.63) is 44.7 Å². The summed E-state index contributed by atoms with van der Waals surface area (Å²) >= 11 is 3.28. The normalized spacial score (nSPS) is 10.7. The number of benzene rings is 1. The van der Waals surface area contributed by atoms with Gasteiger partial charge in [0.2, 0.25) is 5.88 Å². The molecule has 0 unspecified atom stereocenters. The molecule has 0 aliphatic heterocycles. The molecular formula is C13H13BrN4O3. The average Bonchev–Trinajstić information content (AvgIpc) is 2.40. The maximum atomic E-state index is 10.8. The molecule has 0 aliphatic rings. The predicted molar refractivity (Wildman–Crippen MR) is 81.4 cm³/mol. The summed E-state index contributed by atoms with van der Waals surface area (Å²) in [5, 5.41) is 10.8. The zero-order chi connectivity index (χ0) is 15.6. The summed E-state index contributed by atoms with van der Waals surface area (Å²) in [6, 6.07) is 5.71. The maximum Gasteiger partial charge on any atom is 0.273 e. The summed E-state index contributed by atoms with van der Waals surface area (Å²) in [6.45, 7) is 3.86. The van der Waals surface area contributed by atoms with Gasteiger partial charge in [0, 0.05) is 18.1 Å². The van der Waals surface area contributed by atoms with E-state index >= 15 is 0 Å². The van der Waals surface area contributed by atoms with Crippen molar-refractivity contribution in [2.45, 2.75) is 19.8 Å². The second kappa shape index (κ2) is 6.04. The number of ether oxygens (including phenoxy) is 1. The van der Waals surface area contributed by atoms with Crippen molar-refractivity contribution in [3.8, 4) is 11.6 Å². The first-order chi connectivity index (χ1) is 9.86. The minimum Gasteiger partial charge on any atom is -0.437 e. The predicted octanol–water partition coefficient (Wildman–Crippen LogP) is 3.65. The molecule has 7 nitrogen and oxygen atoms in total. The summed E-state index contributed by atoms with van der Waals surface area (Å²) in [5.74, 6) is 1.45. The molecular weight excluding hydrogens is 340 g/mol. The monoisotopic (exact) mass is 352 g/mol. The van der Waals surface area contributed by atoms with Crippen molar-refractivity contribution < 1.29 is 9.66 Å². The molecule has 2 aromatic rings. The van der Waals surface area contributed by atoms with Gasteiger partial charge in [-0.15, -0.1) is 0 Å². The molecule has 21 heavy (non-hydrogen) atoms. The quantitative estimate of drug-likeness (QED) is 0.665. The third-order valence-corrected chi connectivity index (χ3v) is 3.25. The lowest BCUT2D eigenvalue weighted by Gasteiger charge is -2.10. The zero-order valence-electron chi connectivity index (χ0n) is 11.4. The lowest BCUT2D eigenvalue weighted by molar-refractivity contribution is -0.384. The van der Waals surface area contributed by atoms with E-state index in [1.54, 1.807) is 6.07 Å². The topological polar surface area (TPSA) is 104 Å². The molecule has 0 spiro atoms. The number of rotatable bonds is 4. The molecule has 0 fully saturated rings. The number of hydrogen-bond acceptors (Lipinski definition) is 6. The van der Waals surface area contributed by atoms with Gasteiger partial charge in [-0.05, 0) is 22.0 Å². The Balaban J connectivity index is 2.38. The highest BCUT2D eigenvalue weighted by molar-refractivity contribution is 9.10. The van der Waals surface area contributed by atoms with Crippen molar-refractivity contribution in [1.82, 2.24) is 9.97 Å². The Morgan fingerprint density at radius 3 is 2.67 bits per heavy atom. The second-order valence-corrected chi connectivity index (χ2v) is 5.47. The van der Waals surface area contributed by atoms with E-state index in [4.69, 9.17) is 10.5 Å². The number of non-ortho nitro benzene ring substituents is 1. The highest BCUT2D eigenvalue weighted by atomic mass is 79.9. The van der Waals surface area contributed by atoms with Gasteiger partial charge in [-0.1, -0.05) is 13.8 Å². The standard InChI is InChI=1S/C13H13BrN4O3/c1-7(2)13-16-11(15)6-12(17-13)21-10-5-8(18(19)20)3-4-9(10)14/h3-7H,1-2H3,(H2,15,16,17). The lowest BCUT2D eigenvalue weighted by Crippen LogP contribution is -2.03. The van der Waals surface area contributed by atoms with Crippen LogP contribution in [0.3, 0.4) is 0 Å². The average molecular weight is 353 g/mol. The molecule has 0 amide bonds. The van der Waals surface area contributed by atoms with E-state index in [1.807, 2.05) is 13.8 Å². The Labute approximate surface area is 129 Å². The smallest absolute Gasteiger partial charge is 0.273 e. The van der Waals surface area contributed by atoms with E-state index < -0.39 is 4.92 Å². The van der Waals surface area contributed by atoms with Gasteiger partial charge in [0.05, 0.1) is 15.5 Å². The Morgan fingerprint density at radius 2 is 2.05 bits per heavy atom. The number of halogens is 1. The van der Waals surface area contributed by atoms with Crippen molar-refractivity contribution in [3.63, 3.8) is 0 Å². The van der Waals surface area contributed by atoms with Crippen LogP contribution in [0.5, 0.6) is 11.6 Å². The van der Waals surface area contributed by atoms with Gasteiger partial charge >= 0.3 is 0 Å². The van der Waals surface area contributed by atoms with Crippen LogP contribution in [0, 0.1) is 10.1 Å². The number of nitro benzene ring substituents is 1. The fourth-order valence-electron chi connectivity index (χ4n) is 1.57. The number of nitrogen functional groups attached to an aromatic ring is 1. The number of nitrogens with zero attached hydrogens (tertiary/aromatic N) is 3. The molecule has 1 heterocycles. The lowest BCUT2D eigenvalue weighted by atomic mass is 10.2. The number of nitro groups is 1. The molecule has 110 valence electrons. The Morgan fingerprint density at radius 1 is 1.33 bits per heavy atom. The Hall–Kier alpha value is -2.22. The second-order valence-electron chi connectivity index (χ2n) is 4.62. The number of anilines is 1. The summed E-state index contributed by atoms with van der Waals surface area (Å²) < 4.78 is 6.17. The van der Waals surface area contributed by atoms with Crippen molar-refractivity contribution >= 4 is 27.4 Å². The first-order valence-corrected chi connectivity index (χ1v) is 6.92. The van der Waals surface area contributed by atoms with Gasteiger partial charge < -0.3 is 10.5 Å². The summed E-state index contributed by atoms with van der Waals surface area (Å²) in [6.07, 6.45) is 0. The van der Waals surface area contributed by atoms with Gasteiger partial charge in [0.25, 0.3) is 5.69 Å². The molecule has 1 aromatic heterocycles. The molecule has 0 bridgehead atoms. The third kappa shape index (κ3) is 3.66. The summed E-state index contributed by atoms with van der Waals surface area (Å²) in [4.78, 5) is 18.7. The van der Waals surface area contributed by atoms with Crippen LogP contribution in [-0.2, 0) is 0 Å². The zero-order valence-corrected chi connectivity index (χ0v) is 13.0.